The molecule has 0 aliphatic heterocycles. The quantitative estimate of drug-likeness (QED) is 0.806. The summed E-state index contributed by atoms with van der Waals surface area (Å²) in [6.45, 7) is 0. The van der Waals surface area contributed by atoms with E-state index in [1.807, 2.05) is 0 Å². The summed E-state index contributed by atoms with van der Waals surface area (Å²) in [5.74, 6) is -0.646. The van der Waals surface area contributed by atoms with E-state index >= 15 is 0 Å². The third-order valence-corrected chi connectivity index (χ3v) is 3.28. The molecule has 1 aromatic carbocycles. The maximum atomic E-state index is 13.7. The van der Waals surface area contributed by atoms with Gasteiger partial charge in [-0.05, 0) is 24.3 Å². The molecule has 0 bridgehead atoms. The van der Waals surface area contributed by atoms with Gasteiger partial charge in [-0.2, -0.15) is 0 Å². The van der Waals surface area contributed by atoms with Crippen LogP contribution < -0.4 is 5.32 Å². The Labute approximate surface area is 130 Å². The molecule has 0 fully saturated rings. The second-order valence-electron chi connectivity index (χ2n) is 4.43. The topological polar surface area (TPSA) is 59.8 Å². The molecule has 2 aromatic heterocycles. The van der Waals surface area contributed by atoms with Crippen molar-refractivity contribution in [2.24, 2.45) is 0 Å². The summed E-state index contributed by atoms with van der Waals surface area (Å²) >= 11 is 5.86. The molecule has 1 amide bonds. The number of imidazole rings is 1. The Balaban J connectivity index is 1.80. The number of rotatable bonds is 3. The Morgan fingerprint density at radius 3 is 2.77 bits per heavy atom. The second-order valence-corrected chi connectivity index (χ2v) is 4.83. The van der Waals surface area contributed by atoms with Crippen molar-refractivity contribution < 1.29 is 9.18 Å². The van der Waals surface area contributed by atoms with Crippen LogP contribution in [0.4, 0.5) is 10.1 Å². The van der Waals surface area contributed by atoms with E-state index in [2.05, 4.69) is 15.3 Å². The lowest BCUT2D eigenvalue weighted by Gasteiger charge is -2.08. The largest absolute Gasteiger partial charge is 0.320 e. The van der Waals surface area contributed by atoms with Gasteiger partial charge in [-0.25, -0.2) is 14.4 Å². The minimum Gasteiger partial charge on any atom is -0.320 e. The number of benzene rings is 1. The first kappa shape index (κ1) is 14.2. The summed E-state index contributed by atoms with van der Waals surface area (Å²) in [7, 11) is 0. The lowest BCUT2D eigenvalue weighted by molar-refractivity contribution is 0.102. The maximum absolute atomic E-state index is 13.7. The van der Waals surface area contributed by atoms with E-state index in [0.717, 1.165) is 0 Å². The minimum atomic E-state index is -0.673. The van der Waals surface area contributed by atoms with Crippen molar-refractivity contribution in [2.45, 2.75) is 0 Å². The number of amides is 1. The van der Waals surface area contributed by atoms with Gasteiger partial charge in [0, 0.05) is 12.4 Å². The fraction of sp³-hybridized carbons (Fsp3) is 0. The van der Waals surface area contributed by atoms with Gasteiger partial charge in [0.05, 0.1) is 22.5 Å². The molecule has 1 N–H and O–H groups in total. The summed E-state index contributed by atoms with van der Waals surface area (Å²) in [6.07, 6.45) is 6.47. The Morgan fingerprint density at radius 1 is 1.27 bits per heavy atom. The number of carbonyl (C=O) groups is 1. The first-order valence-electron chi connectivity index (χ1n) is 6.35. The standard InChI is InChI=1S/C15H10ClFN4O/c16-11-2-1-3-12(17)14(11)15(22)20-10-4-5-13(19-8-10)21-7-6-18-9-21/h1-9H,(H,20,22). The fourth-order valence-corrected chi connectivity index (χ4v) is 2.16. The first-order valence-corrected chi connectivity index (χ1v) is 6.72. The first-order chi connectivity index (χ1) is 10.6. The van der Waals surface area contributed by atoms with Crippen LogP contribution in [0.15, 0.2) is 55.2 Å². The molecular weight excluding hydrogens is 307 g/mol. The van der Waals surface area contributed by atoms with Crippen LogP contribution in [0.25, 0.3) is 5.82 Å². The lowest BCUT2D eigenvalue weighted by Crippen LogP contribution is -2.14. The number of pyridine rings is 1. The zero-order valence-electron chi connectivity index (χ0n) is 11.2. The third-order valence-electron chi connectivity index (χ3n) is 2.96. The van der Waals surface area contributed by atoms with E-state index in [4.69, 9.17) is 11.6 Å². The molecule has 0 radical (unpaired) electrons. The van der Waals surface area contributed by atoms with E-state index in [0.29, 0.717) is 11.5 Å². The van der Waals surface area contributed by atoms with Gasteiger partial charge in [-0.3, -0.25) is 9.36 Å². The zero-order chi connectivity index (χ0) is 15.5. The van der Waals surface area contributed by atoms with Crippen LogP contribution in [-0.2, 0) is 0 Å². The van der Waals surface area contributed by atoms with Crippen molar-refractivity contribution in [2.75, 3.05) is 5.32 Å². The Morgan fingerprint density at radius 2 is 2.14 bits per heavy atom. The van der Waals surface area contributed by atoms with E-state index in [1.54, 1.807) is 35.4 Å². The van der Waals surface area contributed by atoms with Gasteiger partial charge in [-0.15, -0.1) is 0 Å². The molecule has 7 heteroatoms. The third kappa shape index (κ3) is 2.82. The Hall–Kier alpha value is -2.73. The number of anilines is 1. The SMILES string of the molecule is O=C(Nc1ccc(-n2ccnc2)nc1)c1c(F)cccc1Cl. The average molecular weight is 317 g/mol. The molecule has 22 heavy (non-hydrogen) atoms. The highest BCUT2D eigenvalue weighted by molar-refractivity contribution is 6.34. The van der Waals surface area contributed by atoms with Crippen molar-refractivity contribution in [1.29, 1.82) is 0 Å². The van der Waals surface area contributed by atoms with Crippen molar-refractivity contribution in [3.63, 3.8) is 0 Å². The number of hydrogen-bond donors (Lipinski definition) is 1. The molecule has 0 saturated carbocycles. The summed E-state index contributed by atoms with van der Waals surface area (Å²) in [6, 6.07) is 7.45. The van der Waals surface area contributed by atoms with Crippen LogP contribution >= 0.6 is 11.6 Å². The fourth-order valence-electron chi connectivity index (χ4n) is 1.92. The smallest absolute Gasteiger partial charge is 0.260 e. The number of nitrogens with one attached hydrogen (secondary N) is 1. The second kappa shape index (κ2) is 5.95. The van der Waals surface area contributed by atoms with Crippen molar-refractivity contribution in [1.82, 2.24) is 14.5 Å². The maximum Gasteiger partial charge on any atom is 0.260 e. The number of carbonyl (C=O) groups excluding carboxylic acids is 1. The molecule has 3 rings (SSSR count). The number of aromatic nitrogens is 3. The van der Waals surface area contributed by atoms with E-state index < -0.39 is 11.7 Å². The summed E-state index contributed by atoms with van der Waals surface area (Å²) in [4.78, 5) is 20.2. The van der Waals surface area contributed by atoms with E-state index in [9.17, 15) is 9.18 Å². The van der Waals surface area contributed by atoms with Gasteiger partial charge >= 0.3 is 0 Å². The molecule has 5 nitrogen and oxygen atoms in total. The van der Waals surface area contributed by atoms with Crippen LogP contribution in [0.3, 0.4) is 0 Å². The normalized spacial score (nSPS) is 10.5. The Kier molecular flexibility index (Phi) is 3.84. The zero-order valence-corrected chi connectivity index (χ0v) is 12.0. The van der Waals surface area contributed by atoms with Gasteiger partial charge in [0.15, 0.2) is 0 Å². The molecule has 0 saturated heterocycles. The average Bonchev–Trinajstić information content (AvgIpc) is 3.02. The number of halogens is 2. The van der Waals surface area contributed by atoms with Gasteiger partial charge in [0.1, 0.15) is 18.0 Å². The molecular formula is C15H10ClFN4O. The predicted octanol–water partition coefficient (Wildman–Crippen LogP) is 3.31. The Bertz CT molecular complexity index is 783. The molecule has 110 valence electrons. The monoisotopic (exact) mass is 316 g/mol. The van der Waals surface area contributed by atoms with E-state index in [-0.39, 0.29) is 10.6 Å². The van der Waals surface area contributed by atoms with Crippen LogP contribution in [0, 0.1) is 5.82 Å². The molecule has 2 heterocycles. The highest BCUT2D eigenvalue weighted by Crippen LogP contribution is 2.20. The van der Waals surface area contributed by atoms with Crippen LogP contribution in [0.1, 0.15) is 10.4 Å². The summed E-state index contributed by atoms with van der Waals surface area (Å²) in [5, 5.41) is 2.62. The van der Waals surface area contributed by atoms with Crippen LogP contribution in [0.2, 0.25) is 5.02 Å². The van der Waals surface area contributed by atoms with Crippen molar-refractivity contribution in [3.8, 4) is 5.82 Å². The molecule has 3 aromatic rings. The predicted molar refractivity (Wildman–Crippen MR) is 80.7 cm³/mol. The molecule has 0 atom stereocenters. The summed E-state index contributed by atoms with van der Waals surface area (Å²) < 4.78 is 15.4. The molecule has 0 aliphatic carbocycles. The lowest BCUT2D eigenvalue weighted by atomic mass is 10.2. The van der Waals surface area contributed by atoms with Gasteiger partial charge in [0.2, 0.25) is 0 Å². The highest BCUT2D eigenvalue weighted by Gasteiger charge is 2.15. The number of hydrogen-bond acceptors (Lipinski definition) is 3. The van der Waals surface area contributed by atoms with Gasteiger partial charge in [0.25, 0.3) is 5.91 Å². The molecule has 0 unspecified atom stereocenters. The van der Waals surface area contributed by atoms with Gasteiger partial charge in [-0.1, -0.05) is 17.7 Å². The van der Waals surface area contributed by atoms with Crippen LogP contribution in [0.5, 0.6) is 0 Å². The van der Waals surface area contributed by atoms with Crippen LogP contribution in [-0.4, -0.2) is 20.4 Å². The highest BCUT2D eigenvalue weighted by atomic mass is 35.5. The van der Waals surface area contributed by atoms with Crippen molar-refractivity contribution in [3.05, 3.63) is 71.7 Å². The van der Waals surface area contributed by atoms with E-state index in [1.165, 1.54) is 24.4 Å². The summed E-state index contributed by atoms with van der Waals surface area (Å²) in [5.41, 5.74) is 0.246. The molecule has 0 spiro atoms. The van der Waals surface area contributed by atoms with Gasteiger partial charge < -0.3 is 5.32 Å². The number of nitrogens with zero attached hydrogens (tertiary/aromatic N) is 3. The molecule has 0 aliphatic rings. The van der Waals surface area contributed by atoms with Crippen molar-refractivity contribution >= 4 is 23.2 Å². The minimum absolute atomic E-state index is 0.0560.